The number of nitrogens with one attached hydrogen (secondary N) is 1. The molecule has 0 aliphatic rings. The minimum absolute atomic E-state index is 0.485. The predicted molar refractivity (Wildman–Crippen MR) is 59.2 cm³/mol. The van der Waals surface area contributed by atoms with Crippen LogP contribution in [0.3, 0.4) is 0 Å². The van der Waals surface area contributed by atoms with E-state index in [2.05, 4.69) is 5.32 Å². The van der Waals surface area contributed by atoms with Crippen molar-refractivity contribution in [3.8, 4) is 0 Å². The lowest BCUT2D eigenvalue weighted by molar-refractivity contribution is 0.178. The summed E-state index contributed by atoms with van der Waals surface area (Å²) >= 11 is 0. The van der Waals surface area contributed by atoms with Gasteiger partial charge in [-0.3, -0.25) is 0 Å². The van der Waals surface area contributed by atoms with Crippen LogP contribution < -0.4 is 11.1 Å². The van der Waals surface area contributed by atoms with E-state index in [1.54, 1.807) is 0 Å². The van der Waals surface area contributed by atoms with Gasteiger partial charge in [0.1, 0.15) is 0 Å². The van der Waals surface area contributed by atoms with E-state index in [-0.39, 0.29) is 0 Å². The normalized spacial score (nSPS) is 12.9. The Morgan fingerprint density at radius 2 is 2.07 bits per heavy atom. The molecule has 78 valence electrons. The molecule has 0 radical (unpaired) electrons. The van der Waals surface area contributed by atoms with Gasteiger partial charge in [-0.05, 0) is 43.7 Å². The van der Waals surface area contributed by atoms with Crippen molar-refractivity contribution in [2.75, 3.05) is 19.3 Å². The van der Waals surface area contributed by atoms with Gasteiger partial charge in [0.15, 0.2) is 0 Å². The van der Waals surface area contributed by atoms with Gasteiger partial charge in [-0.1, -0.05) is 6.07 Å². The molecule has 0 saturated carbocycles. The fourth-order valence-corrected chi connectivity index (χ4v) is 1.42. The zero-order valence-electron chi connectivity index (χ0n) is 8.96. The molecule has 1 atom stereocenters. The average Bonchev–Trinajstić information content (AvgIpc) is 2.13. The van der Waals surface area contributed by atoms with Gasteiger partial charge in [-0.15, -0.1) is 0 Å². The molecule has 0 spiro atoms. The molecule has 0 heterocycles. The molecule has 1 aromatic carbocycles. The molecule has 4 N–H and O–H groups in total. The monoisotopic (exact) mass is 194 g/mol. The molecule has 1 rings (SSSR count). The fourth-order valence-electron chi connectivity index (χ4n) is 1.42. The number of nitrogens with two attached hydrogens (primary N) is 1. The molecule has 0 aliphatic carbocycles. The van der Waals surface area contributed by atoms with Crippen molar-refractivity contribution in [1.82, 2.24) is 5.32 Å². The van der Waals surface area contributed by atoms with Crippen molar-refractivity contribution in [1.29, 1.82) is 0 Å². The zero-order chi connectivity index (χ0) is 10.7. The van der Waals surface area contributed by atoms with Crippen molar-refractivity contribution in [3.63, 3.8) is 0 Å². The molecule has 3 heteroatoms. The van der Waals surface area contributed by atoms with E-state index in [1.165, 1.54) is 0 Å². The molecular weight excluding hydrogens is 176 g/mol. The van der Waals surface area contributed by atoms with Gasteiger partial charge in [0.05, 0.1) is 6.10 Å². The van der Waals surface area contributed by atoms with Gasteiger partial charge < -0.3 is 16.2 Å². The summed E-state index contributed by atoms with van der Waals surface area (Å²) in [4.78, 5) is 0. The average molecular weight is 194 g/mol. The van der Waals surface area contributed by atoms with Crippen molar-refractivity contribution in [2.24, 2.45) is 0 Å². The molecule has 0 bridgehead atoms. The second kappa shape index (κ2) is 4.44. The first-order chi connectivity index (χ1) is 6.56. The zero-order valence-corrected chi connectivity index (χ0v) is 8.96. The van der Waals surface area contributed by atoms with Crippen LogP contribution in [0.1, 0.15) is 22.8 Å². The van der Waals surface area contributed by atoms with E-state index in [1.807, 2.05) is 33.0 Å². The van der Waals surface area contributed by atoms with Crippen LogP contribution in [-0.2, 0) is 0 Å². The smallest absolute Gasteiger partial charge is 0.0915 e. The third-order valence-electron chi connectivity index (χ3n) is 2.51. The standard InChI is InChI=1S/C11H18N2O/c1-7-4-9(11(14)6-13-3)5-10(12)8(7)2/h4-5,11,13-14H,6,12H2,1-3H3. The first-order valence-electron chi connectivity index (χ1n) is 4.75. The van der Waals surface area contributed by atoms with Crippen molar-refractivity contribution in [2.45, 2.75) is 20.0 Å². The Balaban J connectivity index is 3.00. The molecule has 0 aliphatic heterocycles. The van der Waals surface area contributed by atoms with E-state index in [4.69, 9.17) is 5.73 Å². The maximum absolute atomic E-state index is 9.74. The SMILES string of the molecule is CNCC(O)c1cc(C)c(C)c(N)c1. The lowest BCUT2D eigenvalue weighted by Crippen LogP contribution is -2.17. The first-order valence-corrected chi connectivity index (χ1v) is 4.75. The molecule has 1 unspecified atom stereocenters. The van der Waals surface area contributed by atoms with Crippen LogP contribution in [0.25, 0.3) is 0 Å². The topological polar surface area (TPSA) is 58.3 Å². The number of aliphatic hydroxyl groups excluding tert-OH is 1. The summed E-state index contributed by atoms with van der Waals surface area (Å²) in [7, 11) is 1.81. The third kappa shape index (κ3) is 2.25. The lowest BCUT2D eigenvalue weighted by atomic mass is 10.0. The van der Waals surface area contributed by atoms with Gasteiger partial charge in [-0.25, -0.2) is 0 Å². The van der Waals surface area contributed by atoms with Crippen molar-refractivity contribution >= 4 is 5.69 Å². The molecule has 0 saturated heterocycles. The van der Waals surface area contributed by atoms with Crippen LogP contribution in [0.5, 0.6) is 0 Å². The number of likely N-dealkylation sites (N-methyl/N-ethyl adjacent to an activating group) is 1. The highest BCUT2D eigenvalue weighted by Gasteiger charge is 2.09. The summed E-state index contributed by atoms with van der Waals surface area (Å²) in [5, 5.41) is 12.7. The van der Waals surface area contributed by atoms with Crippen LogP contribution in [0.4, 0.5) is 5.69 Å². The molecular formula is C11H18N2O. The highest BCUT2D eigenvalue weighted by atomic mass is 16.3. The molecule has 1 aromatic rings. The maximum atomic E-state index is 9.74. The number of aryl methyl sites for hydroxylation is 1. The van der Waals surface area contributed by atoms with Crippen LogP contribution >= 0.6 is 0 Å². The number of benzene rings is 1. The van der Waals surface area contributed by atoms with E-state index in [9.17, 15) is 5.11 Å². The summed E-state index contributed by atoms with van der Waals surface area (Å²) in [6, 6.07) is 3.82. The van der Waals surface area contributed by atoms with Crippen LogP contribution in [-0.4, -0.2) is 18.7 Å². The van der Waals surface area contributed by atoms with Gasteiger partial charge in [0, 0.05) is 12.2 Å². The molecule has 0 aromatic heterocycles. The Hall–Kier alpha value is -1.06. The summed E-state index contributed by atoms with van der Waals surface area (Å²) < 4.78 is 0. The quantitative estimate of drug-likeness (QED) is 0.632. The summed E-state index contributed by atoms with van der Waals surface area (Å²) in [5.74, 6) is 0. The lowest BCUT2D eigenvalue weighted by Gasteiger charge is -2.13. The third-order valence-corrected chi connectivity index (χ3v) is 2.51. The Morgan fingerprint density at radius 1 is 1.43 bits per heavy atom. The molecule has 0 fully saturated rings. The van der Waals surface area contributed by atoms with E-state index in [0.29, 0.717) is 6.54 Å². The van der Waals surface area contributed by atoms with E-state index < -0.39 is 6.10 Å². The van der Waals surface area contributed by atoms with Gasteiger partial charge in [-0.2, -0.15) is 0 Å². The molecule has 3 nitrogen and oxygen atoms in total. The highest BCUT2D eigenvalue weighted by molar-refractivity contribution is 5.52. The Bertz CT molecular complexity index is 300. The minimum atomic E-state index is -0.485. The molecule has 14 heavy (non-hydrogen) atoms. The number of anilines is 1. The van der Waals surface area contributed by atoms with Crippen LogP contribution in [0.2, 0.25) is 0 Å². The van der Waals surface area contributed by atoms with Crippen LogP contribution in [0, 0.1) is 13.8 Å². The van der Waals surface area contributed by atoms with Gasteiger partial charge in [0.2, 0.25) is 0 Å². The number of aliphatic hydroxyl groups is 1. The fraction of sp³-hybridized carbons (Fsp3) is 0.455. The maximum Gasteiger partial charge on any atom is 0.0915 e. The summed E-state index contributed by atoms with van der Waals surface area (Å²) in [6.07, 6.45) is -0.485. The molecule has 0 amide bonds. The number of nitrogen functional groups attached to an aromatic ring is 1. The second-order valence-electron chi connectivity index (χ2n) is 3.63. The summed E-state index contributed by atoms with van der Waals surface area (Å²) in [5.41, 5.74) is 9.65. The van der Waals surface area contributed by atoms with E-state index >= 15 is 0 Å². The number of rotatable bonds is 3. The number of hydrogen-bond acceptors (Lipinski definition) is 3. The Kier molecular flexibility index (Phi) is 3.49. The van der Waals surface area contributed by atoms with Gasteiger partial charge >= 0.3 is 0 Å². The number of hydrogen-bond donors (Lipinski definition) is 3. The largest absolute Gasteiger partial charge is 0.398 e. The Labute approximate surface area is 84.9 Å². The predicted octanol–water partition coefficient (Wildman–Crippen LogP) is 1.14. The van der Waals surface area contributed by atoms with Gasteiger partial charge in [0.25, 0.3) is 0 Å². The first kappa shape index (κ1) is 11.0. The summed E-state index contributed by atoms with van der Waals surface area (Å²) in [6.45, 7) is 4.53. The Morgan fingerprint density at radius 3 is 2.57 bits per heavy atom. The second-order valence-corrected chi connectivity index (χ2v) is 3.63. The highest BCUT2D eigenvalue weighted by Crippen LogP contribution is 2.22. The van der Waals surface area contributed by atoms with Crippen LogP contribution in [0.15, 0.2) is 12.1 Å². The van der Waals surface area contributed by atoms with E-state index in [0.717, 1.165) is 22.4 Å². The van der Waals surface area contributed by atoms with Crippen molar-refractivity contribution in [3.05, 3.63) is 28.8 Å². The van der Waals surface area contributed by atoms with Crippen molar-refractivity contribution < 1.29 is 5.11 Å². The minimum Gasteiger partial charge on any atom is -0.398 e.